The molecule has 0 heterocycles. The lowest BCUT2D eigenvalue weighted by Crippen LogP contribution is -2.13. The van der Waals surface area contributed by atoms with Gasteiger partial charge in [-0.2, -0.15) is 5.26 Å². The van der Waals surface area contributed by atoms with Crippen molar-refractivity contribution in [3.05, 3.63) is 93.5 Å². The molecule has 0 aliphatic carbocycles. The fourth-order valence-electron chi connectivity index (χ4n) is 3.34. The van der Waals surface area contributed by atoms with Crippen molar-refractivity contribution < 1.29 is 23.8 Å². The normalized spacial score (nSPS) is 10.8. The lowest BCUT2D eigenvalue weighted by atomic mass is 10.1. The number of carbonyl (C=O) groups excluding carboxylic acids is 2. The third-order valence-corrected chi connectivity index (χ3v) is 5.33. The number of rotatable bonds is 9. The van der Waals surface area contributed by atoms with E-state index in [1.165, 1.54) is 25.3 Å². The standard InChI is InChI=1S/C28H25ClN2O5/c1-4-35-28(33)21-8-10-23(11-9-21)31-27(32)22(16-30)13-20-14-24(29)26(25(15-20)34-3)36-17-19-7-5-6-18(2)12-19/h5-15H,4,17H2,1-3H3,(H,31,32)/b22-13+. The van der Waals surface area contributed by atoms with Gasteiger partial charge in [0, 0.05) is 5.69 Å². The van der Waals surface area contributed by atoms with E-state index in [9.17, 15) is 14.9 Å². The van der Waals surface area contributed by atoms with Gasteiger partial charge in [0.1, 0.15) is 18.2 Å². The van der Waals surface area contributed by atoms with Gasteiger partial charge in [-0.25, -0.2) is 4.79 Å². The number of esters is 1. The van der Waals surface area contributed by atoms with Gasteiger partial charge in [0.15, 0.2) is 11.5 Å². The minimum absolute atomic E-state index is 0.143. The molecule has 0 radical (unpaired) electrons. The molecule has 0 aliphatic rings. The average Bonchev–Trinajstić information content (AvgIpc) is 2.86. The molecule has 184 valence electrons. The molecule has 0 fully saturated rings. The number of nitrogens with one attached hydrogen (secondary N) is 1. The Morgan fingerprint density at radius 1 is 1.11 bits per heavy atom. The van der Waals surface area contributed by atoms with Gasteiger partial charge in [-0.1, -0.05) is 41.4 Å². The van der Waals surface area contributed by atoms with Crippen molar-refractivity contribution in [2.24, 2.45) is 0 Å². The molecule has 3 aromatic rings. The second kappa shape index (κ2) is 12.4. The van der Waals surface area contributed by atoms with Crippen molar-refractivity contribution >= 4 is 35.2 Å². The topological polar surface area (TPSA) is 97.7 Å². The first kappa shape index (κ1) is 26.3. The van der Waals surface area contributed by atoms with Crippen LogP contribution in [-0.2, 0) is 16.1 Å². The van der Waals surface area contributed by atoms with Crippen LogP contribution >= 0.6 is 11.6 Å². The molecular weight excluding hydrogens is 480 g/mol. The molecule has 0 atom stereocenters. The van der Waals surface area contributed by atoms with Crippen molar-refractivity contribution in [1.82, 2.24) is 0 Å². The summed E-state index contributed by atoms with van der Waals surface area (Å²) < 4.78 is 16.3. The maximum Gasteiger partial charge on any atom is 0.338 e. The molecule has 36 heavy (non-hydrogen) atoms. The number of nitrogens with zero attached hydrogens (tertiary/aromatic N) is 1. The van der Waals surface area contributed by atoms with E-state index < -0.39 is 11.9 Å². The summed E-state index contributed by atoms with van der Waals surface area (Å²) in [5.41, 5.74) is 3.23. The third-order valence-electron chi connectivity index (χ3n) is 5.05. The Balaban J connectivity index is 1.76. The van der Waals surface area contributed by atoms with E-state index in [1.807, 2.05) is 37.3 Å². The Morgan fingerprint density at radius 3 is 2.50 bits per heavy atom. The number of halogens is 1. The number of anilines is 1. The summed E-state index contributed by atoms with van der Waals surface area (Å²) in [6.45, 7) is 4.28. The first-order valence-electron chi connectivity index (χ1n) is 11.1. The van der Waals surface area contributed by atoms with Gasteiger partial charge in [-0.05, 0) is 67.4 Å². The number of carbonyl (C=O) groups is 2. The molecule has 0 spiro atoms. The van der Waals surface area contributed by atoms with Crippen LogP contribution in [0.2, 0.25) is 5.02 Å². The number of aryl methyl sites for hydroxylation is 1. The van der Waals surface area contributed by atoms with Crippen LogP contribution in [0.1, 0.15) is 34.0 Å². The smallest absolute Gasteiger partial charge is 0.338 e. The fraction of sp³-hybridized carbons (Fsp3) is 0.179. The van der Waals surface area contributed by atoms with E-state index >= 15 is 0 Å². The number of benzene rings is 3. The highest BCUT2D eigenvalue weighted by Crippen LogP contribution is 2.37. The van der Waals surface area contributed by atoms with Crippen molar-refractivity contribution in [2.45, 2.75) is 20.5 Å². The third kappa shape index (κ3) is 6.87. The van der Waals surface area contributed by atoms with Crippen molar-refractivity contribution in [3.63, 3.8) is 0 Å². The second-order valence-electron chi connectivity index (χ2n) is 7.73. The Bertz CT molecular complexity index is 1330. The lowest BCUT2D eigenvalue weighted by Gasteiger charge is -2.14. The highest BCUT2D eigenvalue weighted by atomic mass is 35.5. The van der Waals surface area contributed by atoms with Gasteiger partial charge in [0.05, 0.1) is 24.3 Å². The molecule has 7 nitrogen and oxygen atoms in total. The Hall–Kier alpha value is -4.28. The molecule has 1 N–H and O–H groups in total. The van der Waals surface area contributed by atoms with Gasteiger partial charge >= 0.3 is 5.97 Å². The van der Waals surface area contributed by atoms with Crippen LogP contribution in [0.15, 0.2) is 66.2 Å². The monoisotopic (exact) mass is 504 g/mol. The zero-order valence-electron chi connectivity index (χ0n) is 20.1. The molecular formula is C28H25ClN2O5. The van der Waals surface area contributed by atoms with Crippen LogP contribution in [0.3, 0.4) is 0 Å². The number of nitriles is 1. The fourth-order valence-corrected chi connectivity index (χ4v) is 3.61. The van der Waals surface area contributed by atoms with Crippen LogP contribution in [0.25, 0.3) is 6.08 Å². The van der Waals surface area contributed by atoms with Gasteiger partial charge in [0.25, 0.3) is 5.91 Å². The summed E-state index contributed by atoms with van der Waals surface area (Å²) >= 11 is 6.45. The van der Waals surface area contributed by atoms with E-state index in [2.05, 4.69) is 5.32 Å². The summed E-state index contributed by atoms with van der Waals surface area (Å²) in [6.07, 6.45) is 1.40. The molecule has 0 unspecified atom stereocenters. The average molecular weight is 505 g/mol. The van der Waals surface area contributed by atoms with Crippen LogP contribution in [-0.4, -0.2) is 25.6 Å². The van der Waals surface area contributed by atoms with Crippen molar-refractivity contribution in [2.75, 3.05) is 19.0 Å². The highest BCUT2D eigenvalue weighted by Gasteiger charge is 2.15. The molecule has 0 saturated carbocycles. The SMILES string of the molecule is CCOC(=O)c1ccc(NC(=O)/C(C#N)=C/c2cc(Cl)c(OCc3cccc(C)c3)c(OC)c2)cc1. The maximum absolute atomic E-state index is 12.7. The summed E-state index contributed by atoms with van der Waals surface area (Å²) in [5.74, 6) is -0.336. The van der Waals surface area contributed by atoms with Crippen molar-refractivity contribution in [1.29, 1.82) is 5.26 Å². The molecule has 0 saturated heterocycles. The second-order valence-corrected chi connectivity index (χ2v) is 8.14. The Morgan fingerprint density at radius 2 is 1.86 bits per heavy atom. The van der Waals surface area contributed by atoms with E-state index in [0.29, 0.717) is 34.9 Å². The first-order chi connectivity index (χ1) is 17.3. The van der Waals surface area contributed by atoms with E-state index in [0.717, 1.165) is 11.1 Å². The van der Waals surface area contributed by atoms with Crippen LogP contribution < -0.4 is 14.8 Å². The lowest BCUT2D eigenvalue weighted by molar-refractivity contribution is -0.112. The summed E-state index contributed by atoms with van der Waals surface area (Å²) in [7, 11) is 1.48. The van der Waals surface area contributed by atoms with Crippen molar-refractivity contribution in [3.8, 4) is 17.6 Å². The van der Waals surface area contributed by atoms with Crippen LogP contribution in [0, 0.1) is 18.3 Å². The minimum atomic E-state index is -0.615. The number of hydrogen-bond donors (Lipinski definition) is 1. The molecule has 1 amide bonds. The van der Waals surface area contributed by atoms with Crippen LogP contribution in [0.4, 0.5) is 5.69 Å². The molecule has 0 bridgehead atoms. The van der Waals surface area contributed by atoms with Gasteiger partial charge in [-0.3, -0.25) is 4.79 Å². The van der Waals surface area contributed by atoms with Gasteiger partial charge < -0.3 is 19.5 Å². The summed E-state index contributed by atoms with van der Waals surface area (Å²) in [6, 6.07) is 19.2. The molecule has 0 aliphatic heterocycles. The quantitative estimate of drug-likeness (QED) is 0.219. The summed E-state index contributed by atoms with van der Waals surface area (Å²) in [5, 5.41) is 12.5. The predicted molar refractivity (Wildman–Crippen MR) is 138 cm³/mol. The number of hydrogen-bond acceptors (Lipinski definition) is 6. The predicted octanol–water partition coefficient (Wildman–Crippen LogP) is 5.96. The van der Waals surface area contributed by atoms with Gasteiger partial charge in [0.2, 0.25) is 0 Å². The Labute approximate surface area is 214 Å². The molecule has 0 aromatic heterocycles. The zero-order chi connectivity index (χ0) is 26.1. The first-order valence-corrected chi connectivity index (χ1v) is 11.5. The maximum atomic E-state index is 12.7. The molecule has 3 aromatic carbocycles. The number of methoxy groups -OCH3 is 1. The van der Waals surface area contributed by atoms with E-state index in [1.54, 1.807) is 31.2 Å². The van der Waals surface area contributed by atoms with Gasteiger partial charge in [-0.15, -0.1) is 0 Å². The molecule has 3 rings (SSSR count). The largest absolute Gasteiger partial charge is 0.493 e. The zero-order valence-corrected chi connectivity index (χ0v) is 20.9. The minimum Gasteiger partial charge on any atom is -0.493 e. The van der Waals surface area contributed by atoms with Crippen LogP contribution in [0.5, 0.6) is 11.5 Å². The van der Waals surface area contributed by atoms with E-state index in [-0.39, 0.29) is 17.2 Å². The molecule has 8 heteroatoms. The Kier molecular flexibility index (Phi) is 9.09. The van der Waals surface area contributed by atoms with E-state index in [4.69, 9.17) is 25.8 Å². The number of ether oxygens (including phenoxy) is 3. The highest BCUT2D eigenvalue weighted by molar-refractivity contribution is 6.32. The number of amides is 1. The summed E-state index contributed by atoms with van der Waals surface area (Å²) in [4.78, 5) is 24.5.